The van der Waals surface area contributed by atoms with Crippen LogP contribution in [-0.2, 0) is 10.0 Å². The number of aryl methyl sites for hydroxylation is 1. The van der Waals surface area contributed by atoms with E-state index in [0.717, 1.165) is 18.4 Å². The molecule has 0 aromatic heterocycles. The van der Waals surface area contributed by atoms with Crippen molar-refractivity contribution in [2.75, 3.05) is 12.8 Å². The van der Waals surface area contributed by atoms with E-state index in [-0.39, 0.29) is 6.04 Å². The van der Waals surface area contributed by atoms with Gasteiger partial charge in [-0.25, -0.2) is 8.42 Å². The van der Waals surface area contributed by atoms with Crippen LogP contribution in [0.3, 0.4) is 0 Å². The molecule has 4 heteroatoms. The minimum atomic E-state index is -3.08. The van der Waals surface area contributed by atoms with Crippen LogP contribution < -0.4 is 0 Å². The van der Waals surface area contributed by atoms with E-state index in [1.165, 1.54) is 11.8 Å². The quantitative estimate of drug-likeness (QED) is 0.792. The fourth-order valence-electron chi connectivity index (χ4n) is 2.41. The molecule has 0 radical (unpaired) electrons. The first-order valence-electron chi connectivity index (χ1n) is 5.52. The van der Waals surface area contributed by atoms with Crippen LogP contribution in [0.15, 0.2) is 24.3 Å². The number of nitrogens with zero attached hydrogens (tertiary/aromatic N) is 1. The van der Waals surface area contributed by atoms with Crippen LogP contribution in [-0.4, -0.2) is 25.5 Å². The molecule has 1 saturated heterocycles. The molecular formula is C12H17NO2S. The summed E-state index contributed by atoms with van der Waals surface area (Å²) in [5.74, 6) is 0. The molecule has 16 heavy (non-hydrogen) atoms. The standard InChI is InChI=1S/C12H17NO2S/c1-10-6-3-4-7-11(10)12-8-5-9-13(12)16(2,14)15/h3-4,6-7,12H,5,8-9H2,1-2H3/t12-/m0/s1. The molecule has 2 rings (SSSR count). The fraction of sp³-hybridized carbons (Fsp3) is 0.500. The Labute approximate surface area is 97.1 Å². The maximum absolute atomic E-state index is 11.7. The van der Waals surface area contributed by atoms with Crippen molar-refractivity contribution in [2.45, 2.75) is 25.8 Å². The molecule has 0 bridgehead atoms. The van der Waals surface area contributed by atoms with Gasteiger partial charge < -0.3 is 0 Å². The SMILES string of the molecule is Cc1ccccc1[C@@H]1CCCN1S(C)(=O)=O. The normalized spacial score (nSPS) is 22.5. The first-order valence-corrected chi connectivity index (χ1v) is 7.37. The summed E-state index contributed by atoms with van der Waals surface area (Å²) < 4.78 is 24.9. The van der Waals surface area contributed by atoms with Gasteiger partial charge >= 0.3 is 0 Å². The van der Waals surface area contributed by atoms with Gasteiger partial charge in [0.1, 0.15) is 0 Å². The van der Waals surface area contributed by atoms with Crippen molar-refractivity contribution in [3.8, 4) is 0 Å². The summed E-state index contributed by atoms with van der Waals surface area (Å²) in [6.45, 7) is 2.69. The maximum Gasteiger partial charge on any atom is 0.211 e. The lowest BCUT2D eigenvalue weighted by Crippen LogP contribution is -2.29. The third kappa shape index (κ3) is 2.13. The van der Waals surface area contributed by atoms with E-state index in [4.69, 9.17) is 0 Å². The van der Waals surface area contributed by atoms with Crippen LogP contribution in [0.4, 0.5) is 0 Å². The predicted molar refractivity (Wildman–Crippen MR) is 64.7 cm³/mol. The lowest BCUT2D eigenvalue weighted by molar-refractivity contribution is 0.399. The Kier molecular flexibility index (Phi) is 3.04. The van der Waals surface area contributed by atoms with Gasteiger partial charge in [0.05, 0.1) is 6.26 Å². The molecule has 1 fully saturated rings. The topological polar surface area (TPSA) is 37.4 Å². The van der Waals surface area contributed by atoms with Gasteiger partial charge in [-0.2, -0.15) is 4.31 Å². The molecule has 0 amide bonds. The Morgan fingerprint density at radius 3 is 2.62 bits per heavy atom. The number of rotatable bonds is 2. The van der Waals surface area contributed by atoms with Crippen LogP contribution >= 0.6 is 0 Å². The third-order valence-corrected chi connectivity index (χ3v) is 4.47. The van der Waals surface area contributed by atoms with Gasteiger partial charge in [-0.1, -0.05) is 24.3 Å². The highest BCUT2D eigenvalue weighted by molar-refractivity contribution is 7.88. The second-order valence-corrected chi connectivity index (χ2v) is 6.32. The lowest BCUT2D eigenvalue weighted by atomic mass is 10.0. The molecule has 88 valence electrons. The van der Waals surface area contributed by atoms with Crippen molar-refractivity contribution in [3.63, 3.8) is 0 Å². The average molecular weight is 239 g/mol. The molecule has 3 nitrogen and oxygen atoms in total. The van der Waals surface area contributed by atoms with E-state index < -0.39 is 10.0 Å². The van der Waals surface area contributed by atoms with Crippen molar-refractivity contribution in [1.82, 2.24) is 4.31 Å². The molecule has 1 aromatic carbocycles. The summed E-state index contributed by atoms with van der Waals surface area (Å²) in [5.41, 5.74) is 2.31. The molecule has 0 unspecified atom stereocenters. The van der Waals surface area contributed by atoms with Gasteiger partial charge in [-0.3, -0.25) is 0 Å². The number of benzene rings is 1. The monoisotopic (exact) mass is 239 g/mol. The summed E-state index contributed by atoms with van der Waals surface area (Å²) in [6, 6.07) is 8.06. The summed E-state index contributed by atoms with van der Waals surface area (Å²) in [7, 11) is -3.08. The molecule has 0 saturated carbocycles. The van der Waals surface area contributed by atoms with Gasteiger partial charge in [0, 0.05) is 12.6 Å². The first kappa shape index (κ1) is 11.6. The summed E-state index contributed by atoms with van der Waals surface area (Å²) >= 11 is 0. The van der Waals surface area contributed by atoms with E-state index in [1.807, 2.05) is 31.2 Å². The minimum absolute atomic E-state index is 0.0381. The van der Waals surface area contributed by atoms with Crippen molar-refractivity contribution < 1.29 is 8.42 Å². The fourth-order valence-corrected chi connectivity index (χ4v) is 3.55. The Morgan fingerprint density at radius 1 is 1.31 bits per heavy atom. The number of hydrogen-bond acceptors (Lipinski definition) is 2. The van der Waals surface area contributed by atoms with Crippen molar-refractivity contribution in [1.29, 1.82) is 0 Å². The molecule has 0 N–H and O–H groups in total. The Morgan fingerprint density at radius 2 is 2.00 bits per heavy atom. The second-order valence-electron chi connectivity index (χ2n) is 4.39. The van der Waals surface area contributed by atoms with E-state index in [0.29, 0.717) is 6.54 Å². The summed E-state index contributed by atoms with van der Waals surface area (Å²) in [6.07, 6.45) is 3.17. The van der Waals surface area contributed by atoms with Gasteiger partial charge in [0.15, 0.2) is 0 Å². The lowest BCUT2D eigenvalue weighted by Gasteiger charge is -2.23. The largest absolute Gasteiger partial charge is 0.212 e. The first-order chi connectivity index (χ1) is 7.50. The van der Waals surface area contributed by atoms with Gasteiger partial charge in [0.25, 0.3) is 0 Å². The van der Waals surface area contributed by atoms with E-state index in [2.05, 4.69) is 0 Å². The van der Waals surface area contributed by atoms with Crippen molar-refractivity contribution in [3.05, 3.63) is 35.4 Å². The highest BCUT2D eigenvalue weighted by Crippen LogP contribution is 2.35. The van der Waals surface area contributed by atoms with Crippen LogP contribution in [0.1, 0.15) is 30.0 Å². The van der Waals surface area contributed by atoms with Crippen LogP contribution in [0.5, 0.6) is 0 Å². The zero-order valence-electron chi connectivity index (χ0n) is 9.68. The molecule has 1 aromatic rings. The Hall–Kier alpha value is -0.870. The third-order valence-electron chi connectivity index (χ3n) is 3.18. The van der Waals surface area contributed by atoms with E-state index in [1.54, 1.807) is 4.31 Å². The molecule has 0 spiro atoms. The predicted octanol–water partition coefficient (Wildman–Crippen LogP) is 2.09. The molecule has 1 heterocycles. The zero-order valence-corrected chi connectivity index (χ0v) is 10.5. The summed E-state index contributed by atoms with van der Waals surface area (Å²) in [4.78, 5) is 0. The van der Waals surface area contributed by atoms with Gasteiger partial charge in [0.2, 0.25) is 10.0 Å². The van der Waals surface area contributed by atoms with Crippen LogP contribution in [0.25, 0.3) is 0 Å². The molecule has 0 aliphatic carbocycles. The Balaban J connectivity index is 2.38. The maximum atomic E-state index is 11.7. The minimum Gasteiger partial charge on any atom is -0.212 e. The average Bonchev–Trinajstić information content (AvgIpc) is 2.66. The zero-order chi connectivity index (χ0) is 11.8. The number of hydrogen-bond donors (Lipinski definition) is 0. The molecule has 1 aliphatic heterocycles. The van der Waals surface area contributed by atoms with Crippen LogP contribution in [0, 0.1) is 6.92 Å². The Bertz CT molecular complexity index is 482. The van der Waals surface area contributed by atoms with E-state index in [9.17, 15) is 8.42 Å². The van der Waals surface area contributed by atoms with E-state index >= 15 is 0 Å². The highest BCUT2D eigenvalue weighted by Gasteiger charge is 2.32. The van der Waals surface area contributed by atoms with Gasteiger partial charge in [-0.15, -0.1) is 0 Å². The summed E-state index contributed by atoms with van der Waals surface area (Å²) in [5, 5.41) is 0. The molecule has 1 aliphatic rings. The smallest absolute Gasteiger partial charge is 0.211 e. The highest BCUT2D eigenvalue weighted by atomic mass is 32.2. The second kappa shape index (κ2) is 4.18. The molecule has 1 atom stereocenters. The van der Waals surface area contributed by atoms with Crippen molar-refractivity contribution in [2.24, 2.45) is 0 Å². The molecular weight excluding hydrogens is 222 g/mol. The van der Waals surface area contributed by atoms with Crippen LogP contribution in [0.2, 0.25) is 0 Å². The van der Waals surface area contributed by atoms with Gasteiger partial charge in [-0.05, 0) is 30.9 Å². The van der Waals surface area contributed by atoms with Crippen molar-refractivity contribution >= 4 is 10.0 Å². The number of sulfonamides is 1.